The Morgan fingerprint density at radius 2 is 2.22 bits per heavy atom. The van der Waals surface area contributed by atoms with Gasteiger partial charge in [0.2, 0.25) is 5.91 Å². The van der Waals surface area contributed by atoms with Gasteiger partial charge >= 0.3 is 0 Å². The number of hydrogen-bond acceptors (Lipinski definition) is 4. The number of aromatic amines is 1. The van der Waals surface area contributed by atoms with Gasteiger partial charge in [-0.25, -0.2) is 4.98 Å². The Labute approximate surface area is 106 Å². The van der Waals surface area contributed by atoms with Crippen LogP contribution in [0.2, 0.25) is 0 Å². The molecule has 2 aliphatic heterocycles. The Kier molecular flexibility index (Phi) is 3.27. The molecular weight excluding hydrogens is 232 g/mol. The van der Waals surface area contributed by atoms with Gasteiger partial charge in [0.25, 0.3) is 0 Å². The van der Waals surface area contributed by atoms with Crippen LogP contribution in [0.25, 0.3) is 0 Å². The zero-order valence-corrected chi connectivity index (χ0v) is 10.3. The van der Waals surface area contributed by atoms with Crippen molar-refractivity contribution in [3.05, 3.63) is 12.2 Å². The summed E-state index contributed by atoms with van der Waals surface area (Å²) in [6.07, 6.45) is 4.35. The molecule has 2 aliphatic rings. The second kappa shape index (κ2) is 5.06. The maximum absolute atomic E-state index is 12.2. The fourth-order valence-electron chi connectivity index (χ4n) is 2.77. The number of piperidine rings is 1. The minimum atomic E-state index is 0.0897. The standard InChI is InChI=1S/C12H18N4O2/c17-12(10-3-6-18-7-10)16-4-1-9(2-5-16)11-13-8-14-15-11/h8-10H,1-7H2,(H,13,14,15). The lowest BCUT2D eigenvalue weighted by Gasteiger charge is -2.32. The van der Waals surface area contributed by atoms with Gasteiger partial charge in [0, 0.05) is 25.6 Å². The predicted octanol–water partition coefficient (Wildman–Crippen LogP) is 0.547. The number of nitrogens with zero attached hydrogens (tertiary/aromatic N) is 3. The van der Waals surface area contributed by atoms with Crippen LogP contribution >= 0.6 is 0 Å². The van der Waals surface area contributed by atoms with E-state index in [1.165, 1.54) is 0 Å². The highest BCUT2D eigenvalue weighted by Crippen LogP contribution is 2.26. The Hall–Kier alpha value is -1.43. The van der Waals surface area contributed by atoms with Gasteiger partial charge < -0.3 is 9.64 Å². The quantitative estimate of drug-likeness (QED) is 0.832. The van der Waals surface area contributed by atoms with E-state index in [9.17, 15) is 4.79 Å². The summed E-state index contributed by atoms with van der Waals surface area (Å²) in [6.45, 7) is 2.97. The third kappa shape index (κ3) is 2.25. The van der Waals surface area contributed by atoms with Crippen molar-refractivity contribution in [2.45, 2.75) is 25.2 Å². The van der Waals surface area contributed by atoms with E-state index in [0.29, 0.717) is 12.5 Å². The Balaban J connectivity index is 1.55. The third-order valence-corrected chi connectivity index (χ3v) is 3.91. The smallest absolute Gasteiger partial charge is 0.228 e. The van der Waals surface area contributed by atoms with Crippen LogP contribution in [-0.2, 0) is 9.53 Å². The minimum absolute atomic E-state index is 0.0897. The zero-order chi connectivity index (χ0) is 12.4. The molecule has 1 N–H and O–H groups in total. The van der Waals surface area contributed by atoms with Crippen LogP contribution in [0, 0.1) is 5.92 Å². The fourth-order valence-corrected chi connectivity index (χ4v) is 2.77. The normalized spacial score (nSPS) is 25.6. The maximum Gasteiger partial charge on any atom is 0.228 e. The number of H-pyrrole nitrogens is 1. The number of ether oxygens (including phenoxy) is 1. The summed E-state index contributed by atoms with van der Waals surface area (Å²) in [5.74, 6) is 1.72. The van der Waals surface area contributed by atoms with Gasteiger partial charge in [-0.3, -0.25) is 9.89 Å². The Morgan fingerprint density at radius 1 is 1.39 bits per heavy atom. The first-order valence-corrected chi connectivity index (χ1v) is 6.56. The lowest BCUT2D eigenvalue weighted by atomic mass is 9.95. The van der Waals surface area contributed by atoms with Crippen LogP contribution in [0.4, 0.5) is 0 Å². The van der Waals surface area contributed by atoms with E-state index >= 15 is 0 Å². The topological polar surface area (TPSA) is 71.1 Å². The molecule has 0 saturated carbocycles. The number of rotatable bonds is 2. The summed E-state index contributed by atoms with van der Waals surface area (Å²) >= 11 is 0. The number of hydrogen-bond donors (Lipinski definition) is 1. The molecule has 1 unspecified atom stereocenters. The van der Waals surface area contributed by atoms with Crippen molar-refractivity contribution in [3.8, 4) is 0 Å². The van der Waals surface area contributed by atoms with Gasteiger partial charge in [-0.05, 0) is 19.3 Å². The highest BCUT2D eigenvalue weighted by molar-refractivity contribution is 5.79. The molecule has 1 aromatic heterocycles. The van der Waals surface area contributed by atoms with E-state index in [1.807, 2.05) is 4.90 Å². The molecule has 0 aromatic carbocycles. The molecule has 0 spiro atoms. The summed E-state index contributed by atoms with van der Waals surface area (Å²) in [5.41, 5.74) is 0. The summed E-state index contributed by atoms with van der Waals surface area (Å²) in [6, 6.07) is 0. The van der Waals surface area contributed by atoms with Crippen molar-refractivity contribution in [1.29, 1.82) is 0 Å². The molecule has 98 valence electrons. The van der Waals surface area contributed by atoms with Gasteiger partial charge in [-0.2, -0.15) is 5.10 Å². The maximum atomic E-state index is 12.2. The second-order valence-corrected chi connectivity index (χ2v) is 5.03. The lowest BCUT2D eigenvalue weighted by Crippen LogP contribution is -2.41. The SMILES string of the molecule is O=C(C1CCOC1)N1CCC(c2ncn[nH]2)CC1. The number of amides is 1. The predicted molar refractivity (Wildman–Crippen MR) is 63.9 cm³/mol. The molecule has 2 fully saturated rings. The first-order valence-electron chi connectivity index (χ1n) is 6.56. The van der Waals surface area contributed by atoms with Crippen molar-refractivity contribution in [2.75, 3.05) is 26.3 Å². The average Bonchev–Trinajstić information content (AvgIpc) is 3.11. The first kappa shape index (κ1) is 11.6. The second-order valence-electron chi connectivity index (χ2n) is 5.03. The first-order chi connectivity index (χ1) is 8.84. The van der Waals surface area contributed by atoms with Crippen LogP contribution in [0.1, 0.15) is 31.0 Å². The summed E-state index contributed by atoms with van der Waals surface area (Å²) in [7, 11) is 0. The van der Waals surface area contributed by atoms with E-state index in [2.05, 4.69) is 15.2 Å². The monoisotopic (exact) mass is 250 g/mol. The molecule has 0 aliphatic carbocycles. The molecule has 0 bridgehead atoms. The van der Waals surface area contributed by atoms with E-state index in [1.54, 1.807) is 6.33 Å². The molecule has 6 nitrogen and oxygen atoms in total. The van der Waals surface area contributed by atoms with E-state index < -0.39 is 0 Å². The zero-order valence-electron chi connectivity index (χ0n) is 10.3. The number of nitrogens with one attached hydrogen (secondary N) is 1. The minimum Gasteiger partial charge on any atom is -0.381 e. The van der Waals surface area contributed by atoms with Gasteiger partial charge in [-0.15, -0.1) is 0 Å². The number of carbonyl (C=O) groups excluding carboxylic acids is 1. The van der Waals surface area contributed by atoms with Gasteiger partial charge in [0.1, 0.15) is 12.2 Å². The molecule has 1 amide bonds. The molecule has 1 aromatic rings. The molecular formula is C12H18N4O2. The molecule has 1 atom stereocenters. The van der Waals surface area contributed by atoms with E-state index in [0.717, 1.165) is 44.8 Å². The molecule has 3 rings (SSSR count). The van der Waals surface area contributed by atoms with Crippen LogP contribution in [0.15, 0.2) is 6.33 Å². The third-order valence-electron chi connectivity index (χ3n) is 3.91. The summed E-state index contributed by atoms with van der Waals surface area (Å²) in [4.78, 5) is 18.4. The Bertz CT molecular complexity index is 392. The van der Waals surface area contributed by atoms with Crippen molar-refractivity contribution >= 4 is 5.91 Å². The largest absolute Gasteiger partial charge is 0.381 e. The fraction of sp³-hybridized carbons (Fsp3) is 0.750. The molecule has 2 saturated heterocycles. The molecule has 18 heavy (non-hydrogen) atoms. The van der Waals surface area contributed by atoms with Crippen LogP contribution in [0.5, 0.6) is 0 Å². The molecule has 0 radical (unpaired) electrons. The van der Waals surface area contributed by atoms with Crippen LogP contribution < -0.4 is 0 Å². The average molecular weight is 250 g/mol. The number of carbonyl (C=O) groups is 1. The van der Waals surface area contributed by atoms with Gasteiger partial charge in [0.05, 0.1) is 12.5 Å². The van der Waals surface area contributed by atoms with Gasteiger partial charge in [0.15, 0.2) is 0 Å². The van der Waals surface area contributed by atoms with Gasteiger partial charge in [-0.1, -0.05) is 0 Å². The van der Waals surface area contributed by atoms with Crippen molar-refractivity contribution in [2.24, 2.45) is 5.92 Å². The summed E-state index contributed by atoms with van der Waals surface area (Å²) < 4.78 is 5.28. The van der Waals surface area contributed by atoms with Crippen molar-refractivity contribution in [1.82, 2.24) is 20.1 Å². The highest BCUT2D eigenvalue weighted by atomic mass is 16.5. The Morgan fingerprint density at radius 3 is 2.83 bits per heavy atom. The van der Waals surface area contributed by atoms with Crippen molar-refractivity contribution in [3.63, 3.8) is 0 Å². The van der Waals surface area contributed by atoms with Crippen LogP contribution in [0.3, 0.4) is 0 Å². The molecule has 3 heterocycles. The number of aromatic nitrogens is 3. The van der Waals surface area contributed by atoms with Crippen molar-refractivity contribution < 1.29 is 9.53 Å². The lowest BCUT2D eigenvalue weighted by molar-refractivity contribution is -0.136. The van der Waals surface area contributed by atoms with E-state index in [-0.39, 0.29) is 11.8 Å². The van der Waals surface area contributed by atoms with Crippen LogP contribution in [-0.4, -0.2) is 52.3 Å². The number of likely N-dealkylation sites (tertiary alicyclic amines) is 1. The molecule has 6 heteroatoms. The summed E-state index contributed by atoms with van der Waals surface area (Å²) in [5, 5.41) is 6.80. The van der Waals surface area contributed by atoms with E-state index in [4.69, 9.17) is 4.74 Å². The highest BCUT2D eigenvalue weighted by Gasteiger charge is 2.31.